The number of ether oxygens (including phenoxy) is 1. The maximum Gasteiger partial charge on any atom is 0.255 e. The van der Waals surface area contributed by atoms with Gasteiger partial charge in [0, 0.05) is 10.5 Å². The van der Waals surface area contributed by atoms with Gasteiger partial charge in [-0.25, -0.2) is 0 Å². The van der Waals surface area contributed by atoms with E-state index in [0.717, 1.165) is 4.47 Å². The summed E-state index contributed by atoms with van der Waals surface area (Å²) >= 11 is 3.36. The third-order valence-electron chi connectivity index (χ3n) is 3.05. The number of hydrogen-bond donors (Lipinski definition) is 1. The fraction of sp³-hybridized carbons (Fsp3) is 0.500. The molecule has 1 rings (SSSR count). The van der Waals surface area contributed by atoms with Crippen LogP contribution in [-0.4, -0.2) is 19.1 Å². The molecule has 0 fully saturated rings. The Morgan fingerprint density at radius 3 is 2.50 bits per heavy atom. The zero-order valence-corrected chi connectivity index (χ0v) is 13.1. The number of amides is 1. The quantitative estimate of drug-likeness (QED) is 0.925. The van der Waals surface area contributed by atoms with Crippen molar-refractivity contribution in [3.63, 3.8) is 0 Å². The number of carbonyl (C=O) groups excluding carboxylic acids is 1. The SMILES string of the molecule is COc1cc(Br)ccc1C(=O)NC(C)C(C)(C)C. The van der Waals surface area contributed by atoms with Crippen molar-refractivity contribution in [2.75, 3.05) is 7.11 Å². The van der Waals surface area contributed by atoms with Gasteiger partial charge in [0.25, 0.3) is 5.91 Å². The molecule has 1 aromatic rings. The van der Waals surface area contributed by atoms with Crippen molar-refractivity contribution in [3.05, 3.63) is 28.2 Å². The van der Waals surface area contributed by atoms with Crippen molar-refractivity contribution in [2.24, 2.45) is 5.41 Å². The van der Waals surface area contributed by atoms with Gasteiger partial charge < -0.3 is 10.1 Å². The Bertz CT molecular complexity index is 438. The van der Waals surface area contributed by atoms with E-state index in [0.29, 0.717) is 11.3 Å². The minimum absolute atomic E-state index is 0.0261. The third kappa shape index (κ3) is 3.73. The molecule has 4 heteroatoms. The van der Waals surface area contributed by atoms with E-state index in [1.807, 2.05) is 13.0 Å². The van der Waals surface area contributed by atoms with Crippen LogP contribution in [-0.2, 0) is 0 Å². The second-order valence-corrected chi connectivity index (χ2v) is 6.32. The van der Waals surface area contributed by atoms with Crippen LogP contribution in [0, 0.1) is 5.41 Å². The number of hydrogen-bond acceptors (Lipinski definition) is 2. The summed E-state index contributed by atoms with van der Waals surface area (Å²) in [6.45, 7) is 8.29. The van der Waals surface area contributed by atoms with Crippen LogP contribution in [0.25, 0.3) is 0 Å². The molecule has 0 heterocycles. The highest BCUT2D eigenvalue weighted by Crippen LogP contribution is 2.24. The topological polar surface area (TPSA) is 38.3 Å². The van der Waals surface area contributed by atoms with Gasteiger partial charge >= 0.3 is 0 Å². The first-order valence-corrected chi connectivity index (χ1v) is 6.69. The average Bonchev–Trinajstić information content (AvgIpc) is 2.27. The van der Waals surface area contributed by atoms with Crippen LogP contribution in [0.4, 0.5) is 0 Å². The number of halogens is 1. The van der Waals surface area contributed by atoms with Crippen LogP contribution < -0.4 is 10.1 Å². The van der Waals surface area contributed by atoms with Gasteiger partial charge in [0.15, 0.2) is 0 Å². The maximum absolute atomic E-state index is 12.2. The van der Waals surface area contributed by atoms with E-state index in [9.17, 15) is 4.79 Å². The summed E-state index contributed by atoms with van der Waals surface area (Å²) in [7, 11) is 1.56. The predicted octanol–water partition coefficient (Wildman–Crippen LogP) is 3.62. The fourth-order valence-corrected chi connectivity index (χ4v) is 1.68. The first-order valence-electron chi connectivity index (χ1n) is 5.90. The predicted molar refractivity (Wildman–Crippen MR) is 77.1 cm³/mol. The van der Waals surface area contributed by atoms with Crippen LogP contribution in [0.2, 0.25) is 0 Å². The number of rotatable bonds is 3. The zero-order chi connectivity index (χ0) is 13.9. The van der Waals surface area contributed by atoms with Gasteiger partial charge in [-0.05, 0) is 30.5 Å². The lowest BCUT2D eigenvalue weighted by atomic mass is 9.88. The van der Waals surface area contributed by atoms with Crippen molar-refractivity contribution in [1.82, 2.24) is 5.32 Å². The number of benzene rings is 1. The molecule has 0 saturated heterocycles. The molecular weight excluding hydrogens is 294 g/mol. The Morgan fingerprint density at radius 2 is 2.00 bits per heavy atom. The van der Waals surface area contributed by atoms with E-state index in [-0.39, 0.29) is 17.4 Å². The lowest BCUT2D eigenvalue weighted by molar-refractivity contribution is 0.0907. The number of methoxy groups -OCH3 is 1. The van der Waals surface area contributed by atoms with Crippen LogP contribution >= 0.6 is 15.9 Å². The molecule has 1 aromatic carbocycles. The molecule has 1 unspecified atom stereocenters. The minimum atomic E-state index is -0.109. The molecule has 18 heavy (non-hydrogen) atoms. The summed E-state index contributed by atoms with van der Waals surface area (Å²) in [4.78, 5) is 12.2. The second-order valence-electron chi connectivity index (χ2n) is 5.41. The monoisotopic (exact) mass is 313 g/mol. The Labute approximate surface area is 117 Å². The molecule has 1 N–H and O–H groups in total. The highest BCUT2D eigenvalue weighted by atomic mass is 79.9. The number of carbonyl (C=O) groups is 1. The standard InChI is InChI=1S/C14H20BrNO2/c1-9(14(2,3)4)16-13(17)11-7-6-10(15)8-12(11)18-5/h6-9H,1-5H3,(H,16,17). The summed E-state index contributed by atoms with van der Waals surface area (Å²) in [5.74, 6) is 0.463. The zero-order valence-electron chi connectivity index (χ0n) is 11.5. The summed E-state index contributed by atoms with van der Waals surface area (Å²) in [6.07, 6.45) is 0. The highest BCUT2D eigenvalue weighted by molar-refractivity contribution is 9.10. The molecule has 1 atom stereocenters. The molecule has 0 saturated carbocycles. The third-order valence-corrected chi connectivity index (χ3v) is 3.55. The van der Waals surface area contributed by atoms with E-state index < -0.39 is 0 Å². The normalized spacial score (nSPS) is 13.0. The lowest BCUT2D eigenvalue weighted by Gasteiger charge is -2.28. The maximum atomic E-state index is 12.2. The Balaban J connectivity index is 2.91. The average molecular weight is 314 g/mol. The molecule has 1 amide bonds. The smallest absolute Gasteiger partial charge is 0.255 e. The highest BCUT2D eigenvalue weighted by Gasteiger charge is 2.23. The van der Waals surface area contributed by atoms with Crippen LogP contribution in [0.1, 0.15) is 38.1 Å². The van der Waals surface area contributed by atoms with E-state index in [1.165, 1.54) is 0 Å². The van der Waals surface area contributed by atoms with Crippen molar-refractivity contribution in [1.29, 1.82) is 0 Å². The van der Waals surface area contributed by atoms with Gasteiger partial charge in [0.2, 0.25) is 0 Å². The molecule has 0 bridgehead atoms. The molecule has 0 aliphatic carbocycles. The fourth-order valence-electron chi connectivity index (χ4n) is 1.34. The van der Waals surface area contributed by atoms with Gasteiger partial charge in [-0.15, -0.1) is 0 Å². The second kappa shape index (κ2) is 5.74. The van der Waals surface area contributed by atoms with E-state index in [2.05, 4.69) is 42.0 Å². The summed E-state index contributed by atoms with van der Waals surface area (Å²) in [5.41, 5.74) is 0.579. The van der Waals surface area contributed by atoms with Crippen molar-refractivity contribution < 1.29 is 9.53 Å². The Kier molecular flexibility index (Phi) is 4.79. The molecule has 0 radical (unpaired) electrons. The molecule has 100 valence electrons. The Hall–Kier alpha value is -1.03. The van der Waals surface area contributed by atoms with E-state index >= 15 is 0 Å². The van der Waals surface area contributed by atoms with Crippen molar-refractivity contribution in [3.8, 4) is 5.75 Å². The van der Waals surface area contributed by atoms with Gasteiger partial charge in [-0.1, -0.05) is 36.7 Å². The van der Waals surface area contributed by atoms with Crippen molar-refractivity contribution >= 4 is 21.8 Å². The first-order chi connectivity index (χ1) is 8.25. The first kappa shape index (κ1) is 15.0. The molecule has 0 aromatic heterocycles. The summed E-state index contributed by atoms with van der Waals surface area (Å²) < 4.78 is 6.11. The van der Waals surface area contributed by atoms with E-state index in [1.54, 1.807) is 19.2 Å². The molecule has 0 aliphatic rings. The van der Waals surface area contributed by atoms with Gasteiger partial charge in [0.05, 0.1) is 12.7 Å². The number of nitrogens with one attached hydrogen (secondary N) is 1. The van der Waals surface area contributed by atoms with E-state index in [4.69, 9.17) is 4.74 Å². The lowest BCUT2D eigenvalue weighted by Crippen LogP contribution is -2.41. The van der Waals surface area contributed by atoms with Gasteiger partial charge in [0.1, 0.15) is 5.75 Å². The van der Waals surface area contributed by atoms with Gasteiger partial charge in [-0.3, -0.25) is 4.79 Å². The molecule has 3 nitrogen and oxygen atoms in total. The molecule has 0 spiro atoms. The summed E-state index contributed by atoms with van der Waals surface area (Å²) in [5, 5.41) is 3.00. The van der Waals surface area contributed by atoms with Crippen LogP contribution in [0.3, 0.4) is 0 Å². The largest absolute Gasteiger partial charge is 0.496 e. The Morgan fingerprint density at radius 1 is 1.39 bits per heavy atom. The summed E-state index contributed by atoms with van der Waals surface area (Å²) in [6, 6.07) is 5.46. The minimum Gasteiger partial charge on any atom is -0.496 e. The molecular formula is C14H20BrNO2. The van der Waals surface area contributed by atoms with Gasteiger partial charge in [-0.2, -0.15) is 0 Å². The molecule has 0 aliphatic heterocycles. The van der Waals surface area contributed by atoms with Crippen LogP contribution in [0.5, 0.6) is 5.75 Å². The van der Waals surface area contributed by atoms with Crippen molar-refractivity contribution in [2.45, 2.75) is 33.7 Å². The van der Waals surface area contributed by atoms with Crippen LogP contribution in [0.15, 0.2) is 22.7 Å².